The van der Waals surface area contributed by atoms with Gasteiger partial charge in [0.1, 0.15) is 18.6 Å². The van der Waals surface area contributed by atoms with Crippen molar-refractivity contribution in [1.29, 1.82) is 0 Å². The molecule has 0 radical (unpaired) electrons. The third kappa shape index (κ3) is 5.24. The fourth-order valence-corrected chi connectivity index (χ4v) is 2.43. The van der Waals surface area contributed by atoms with Gasteiger partial charge >= 0.3 is 5.97 Å². The highest BCUT2D eigenvalue weighted by atomic mass is 32.2. The molecule has 0 aliphatic carbocycles. The number of ether oxygens (including phenoxy) is 1. The zero-order valence-corrected chi connectivity index (χ0v) is 13.9. The van der Waals surface area contributed by atoms with Crippen LogP contribution in [0.5, 0.6) is 0 Å². The summed E-state index contributed by atoms with van der Waals surface area (Å²) >= 11 is 1.72. The van der Waals surface area contributed by atoms with Crippen LogP contribution in [0.15, 0.2) is 42.6 Å². The van der Waals surface area contributed by atoms with E-state index >= 15 is 0 Å². The van der Waals surface area contributed by atoms with Crippen molar-refractivity contribution >= 4 is 29.2 Å². The molecule has 2 rings (SSSR count). The van der Waals surface area contributed by atoms with E-state index in [0.29, 0.717) is 17.9 Å². The van der Waals surface area contributed by atoms with E-state index in [-0.39, 0.29) is 18.3 Å². The normalized spacial score (nSPS) is 10.2. The van der Waals surface area contributed by atoms with E-state index in [9.17, 15) is 14.9 Å². The number of hydrogen-bond donors (Lipinski definition) is 1. The summed E-state index contributed by atoms with van der Waals surface area (Å²) in [6.45, 7) is 0.533. The Balaban J connectivity index is 1.75. The van der Waals surface area contributed by atoms with Gasteiger partial charge in [-0.3, -0.25) is 10.1 Å². The topological polar surface area (TPSA) is 94.4 Å². The van der Waals surface area contributed by atoms with E-state index in [1.807, 2.05) is 18.4 Å². The first-order valence-corrected chi connectivity index (χ1v) is 8.59. The molecule has 7 nitrogen and oxygen atoms in total. The van der Waals surface area contributed by atoms with Crippen molar-refractivity contribution in [3.05, 3.63) is 63.8 Å². The zero-order chi connectivity index (χ0) is 17.4. The molecule has 0 saturated carbocycles. The van der Waals surface area contributed by atoms with E-state index in [1.165, 1.54) is 18.3 Å². The first-order chi connectivity index (χ1) is 11.6. The van der Waals surface area contributed by atoms with Crippen molar-refractivity contribution in [3.8, 4) is 0 Å². The minimum absolute atomic E-state index is 0.0723. The van der Waals surface area contributed by atoms with Crippen LogP contribution in [0.3, 0.4) is 0 Å². The molecule has 0 atom stereocenters. The van der Waals surface area contributed by atoms with Gasteiger partial charge in [0.25, 0.3) is 5.69 Å². The van der Waals surface area contributed by atoms with E-state index < -0.39 is 4.92 Å². The van der Waals surface area contributed by atoms with Crippen LogP contribution in [-0.4, -0.2) is 35.3 Å². The lowest BCUT2D eigenvalue weighted by Gasteiger charge is -2.07. The molecule has 0 bridgehead atoms. The van der Waals surface area contributed by atoms with E-state index in [1.54, 1.807) is 23.9 Å². The molecule has 2 aromatic rings. The number of nitrogens with one attached hydrogen (secondary N) is 1. The van der Waals surface area contributed by atoms with Crippen LogP contribution in [0.1, 0.15) is 15.9 Å². The molecule has 0 fully saturated rings. The average molecular weight is 347 g/mol. The Bertz CT molecular complexity index is 689. The number of aromatic nitrogens is 1. The van der Waals surface area contributed by atoms with Crippen molar-refractivity contribution in [2.75, 3.05) is 24.7 Å². The molecule has 1 heterocycles. The maximum Gasteiger partial charge on any atom is 0.338 e. The third-order valence-electron chi connectivity index (χ3n) is 3.10. The number of anilines is 1. The monoisotopic (exact) mass is 347 g/mol. The van der Waals surface area contributed by atoms with Crippen molar-refractivity contribution in [2.45, 2.75) is 5.75 Å². The Kier molecular flexibility index (Phi) is 6.56. The Hall–Kier alpha value is -2.61. The van der Waals surface area contributed by atoms with Crippen molar-refractivity contribution in [2.24, 2.45) is 0 Å². The fraction of sp³-hybridized carbons (Fsp3) is 0.250. The highest BCUT2D eigenvalue weighted by molar-refractivity contribution is 7.97. The van der Waals surface area contributed by atoms with Gasteiger partial charge in [-0.25, -0.2) is 9.78 Å². The quantitative estimate of drug-likeness (QED) is 0.339. The number of carbonyl (C=O) groups is 1. The molecule has 0 aliphatic rings. The van der Waals surface area contributed by atoms with Gasteiger partial charge in [0.2, 0.25) is 0 Å². The summed E-state index contributed by atoms with van der Waals surface area (Å²) in [4.78, 5) is 25.8. The van der Waals surface area contributed by atoms with Gasteiger partial charge in [-0.15, -0.1) is 0 Å². The van der Waals surface area contributed by atoms with E-state index in [0.717, 1.165) is 11.3 Å². The summed E-state index contributed by atoms with van der Waals surface area (Å²) in [5.41, 5.74) is 1.59. The summed E-state index contributed by atoms with van der Waals surface area (Å²) in [5, 5.41) is 13.5. The second-order valence-corrected chi connectivity index (χ2v) is 5.72. The first-order valence-electron chi connectivity index (χ1n) is 7.19. The molecule has 8 heteroatoms. The molecule has 0 saturated heterocycles. The largest absolute Gasteiger partial charge is 0.460 e. The smallest absolute Gasteiger partial charge is 0.338 e. The number of rotatable bonds is 8. The Morgan fingerprint density at radius 3 is 2.62 bits per heavy atom. The molecule has 0 aliphatic heterocycles. The summed E-state index contributed by atoms with van der Waals surface area (Å²) in [6, 6.07) is 10.2. The zero-order valence-electron chi connectivity index (χ0n) is 13.1. The number of pyridine rings is 1. The standard InChI is InChI=1S/C16H17N3O4S/c1-24-11-12-2-4-13(5-3-12)16(20)23-9-8-17-15-7-6-14(10-18-15)19(21)22/h2-7,10H,8-9,11H2,1H3,(H,17,18). The second-order valence-electron chi connectivity index (χ2n) is 4.85. The first kappa shape index (κ1) is 17.7. The lowest BCUT2D eigenvalue weighted by atomic mass is 10.1. The van der Waals surface area contributed by atoms with E-state index in [2.05, 4.69) is 10.3 Å². The van der Waals surface area contributed by atoms with E-state index in [4.69, 9.17) is 4.74 Å². The lowest BCUT2D eigenvalue weighted by Crippen LogP contribution is -2.14. The second kappa shape index (κ2) is 8.88. The summed E-state index contributed by atoms with van der Waals surface area (Å²) in [5.74, 6) is 1.00. The number of nitro groups is 1. The summed E-state index contributed by atoms with van der Waals surface area (Å²) < 4.78 is 5.17. The van der Waals surface area contributed by atoms with Crippen LogP contribution >= 0.6 is 11.8 Å². The number of benzene rings is 1. The number of thioether (sulfide) groups is 1. The fourth-order valence-electron chi connectivity index (χ4n) is 1.91. The minimum atomic E-state index is -0.511. The van der Waals surface area contributed by atoms with Crippen molar-refractivity contribution in [3.63, 3.8) is 0 Å². The number of esters is 1. The molecule has 24 heavy (non-hydrogen) atoms. The van der Waals surface area contributed by atoms with Crippen LogP contribution in [0.2, 0.25) is 0 Å². The van der Waals surface area contributed by atoms with Gasteiger partial charge in [0.05, 0.1) is 17.0 Å². The molecular weight excluding hydrogens is 330 g/mol. The van der Waals surface area contributed by atoms with Gasteiger partial charge in [-0.05, 0) is 30.0 Å². The molecule has 126 valence electrons. The van der Waals surface area contributed by atoms with Gasteiger partial charge < -0.3 is 10.1 Å². The number of hydrogen-bond acceptors (Lipinski definition) is 7. The molecule has 0 spiro atoms. The maximum absolute atomic E-state index is 11.9. The number of carbonyl (C=O) groups excluding carboxylic acids is 1. The van der Waals surface area contributed by atoms with Gasteiger partial charge in [-0.2, -0.15) is 11.8 Å². The molecule has 1 aromatic heterocycles. The van der Waals surface area contributed by atoms with Crippen molar-refractivity contribution < 1.29 is 14.5 Å². The minimum Gasteiger partial charge on any atom is -0.460 e. The van der Waals surface area contributed by atoms with Crippen LogP contribution in [0, 0.1) is 10.1 Å². The van der Waals surface area contributed by atoms with Gasteiger partial charge in [0.15, 0.2) is 0 Å². The Morgan fingerprint density at radius 2 is 2.04 bits per heavy atom. The predicted octanol–water partition coefficient (Wildman–Crippen LogP) is 3.12. The molecular formula is C16H17N3O4S. The summed E-state index contributed by atoms with van der Waals surface area (Å²) in [7, 11) is 0. The molecule has 1 aromatic carbocycles. The lowest BCUT2D eigenvalue weighted by molar-refractivity contribution is -0.385. The van der Waals surface area contributed by atoms with Crippen LogP contribution in [-0.2, 0) is 10.5 Å². The SMILES string of the molecule is CSCc1ccc(C(=O)OCCNc2ccc([N+](=O)[O-])cn2)cc1. The molecule has 0 amide bonds. The number of nitrogens with zero attached hydrogens (tertiary/aromatic N) is 2. The summed E-state index contributed by atoms with van der Waals surface area (Å²) in [6.07, 6.45) is 3.19. The third-order valence-corrected chi connectivity index (χ3v) is 3.72. The highest BCUT2D eigenvalue weighted by Crippen LogP contribution is 2.12. The molecule has 1 N–H and O–H groups in total. The van der Waals surface area contributed by atoms with Gasteiger partial charge in [-0.1, -0.05) is 12.1 Å². The van der Waals surface area contributed by atoms with Crippen molar-refractivity contribution in [1.82, 2.24) is 4.98 Å². The molecule has 0 unspecified atom stereocenters. The average Bonchev–Trinajstić information content (AvgIpc) is 2.60. The highest BCUT2D eigenvalue weighted by Gasteiger charge is 2.07. The van der Waals surface area contributed by atoms with Crippen LogP contribution in [0.4, 0.5) is 11.5 Å². The van der Waals surface area contributed by atoms with Crippen LogP contribution < -0.4 is 5.32 Å². The Labute approximate surface area is 143 Å². The maximum atomic E-state index is 11.9. The predicted molar refractivity (Wildman–Crippen MR) is 93.3 cm³/mol. The van der Waals surface area contributed by atoms with Gasteiger partial charge in [0, 0.05) is 11.8 Å². The van der Waals surface area contributed by atoms with Crippen LogP contribution in [0.25, 0.3) is 0 Å². The Morgan fingerprint density at radius 1 is 1.29 bits per heavy atom.